The van der Waals surface area contributed by atoms with Crippen molar-refractivity contribution >= 4 is 39.8 Å². The first-order chi connectivity index (χ1) is 17.7. The van der Waals surface area contributed by atoms with Crippen LogP contribution in [0.4, 0.5) is 15.9 Å². The second-order valence-corrected chi connectivity index (χ2v) is 11.3. The molecule has 1 N–H and O–H groups in total. The number of ether oxygens (including phenoxy) is 1. The van der Waals surface area contributed by atoms with Crippen LogP contribution in [-0.4, -0.2) is 76.7 Å². The van der Waals surface area contributed by atoms with Crippen molar-refractivity contribution in [1.29, 1.82) is 0 Å². The summed E-state index contributed by atoms with van der Waals surface area (Å²) in [6.45, 7) is 7.62. The summed E-state index contributed by atoms with van der Waals surface area (Å²) < 4.78 is 21.7. The maximum atomic E-state index is 14.5. The molecule has 0 spiro atoms. The van der Waals surface area contributed by atoms with E-state index in [1.807, 2.05) is 38.5 Å². The number of benzene rings is 1. The van der Waals surface area contributed by atoms with Gasteiger partial charge in [-0.05, 0) is 42.0 Å². The first-order valence-electron chi connectivity index (χ1n) is 12.8. The molecule has 1 amide bonds. The second-order valence-electron chi connectivity index (χ2n) is 10.9. The van der Waals surface area contributed by atoms with Crippen molar-refractivity contribution in [2.45, 2.75) is 31.5 Å². The van der Waals surface area contributed by atoms with Crippen molar-refractivity contribution in [3.05, 3.63) is 47.4 Å². The van der Waals surface area contributed by atoms with Crippen LogP contribution < -0.4 is 10.2 Å². The molecule has 196 valence electrons. The Balaban J connectivity index is 1.16. The zero-order chi connectivity index (χ0) is 25.9. The van der Waals surface area contributed by atoms with Crippen molar-refractivity contribution < 1.29 is 13.9 Å². The van der Waals surface area contributed by atoms with Gasteiger partial charge in [0.05, 0.1) is 35.7 Å². The maximum Gasteiger partial charge on any atom is 0.229 e. The molecule has 6 rings (SSSR count). The van der Waals surface area contributed by atoms with E-state index in [4.69, 9.17) is 16.3 Å². The summed E-state index contributed by atoms with van der Waals surface area (Å²) in [5.74, 6) is 0.870. The Morgan fingerprint density at radius 3 is 2.65 bits per heavy atom. The van der Waals surface area contributed by atoms with Crippen molar-refractivity contribution in [1.82, 2.24) is 19.7 Å². The van der Waals surface area contributed by atoms with Crippen LogP contribution in [-0.2, 0) is 16.6 Å². The first-order valence-corrected chi connectivity index (χ1v) is 13.2. The molecule has 2 aromatic heterocycles. The average molecular weight is 527 g/mol. The normalized spacial score (nSPS) is 30.1. The van der Waals surface area contributed by atoms with Crippen LogP contribution in [0.25, 0.3) is 10.8 Å². The number of carbonyl (C=O) groups excluding carboxylic acids is 1. The first kappa shape index (κ1) is 24.6. The number of nitrogens with zero attached hydrogens (tertiary/aromatic N) is 5. The molecule has 3 fully saturated rings. The number of fused-ring (bicyclic) bond motifs is 1. The molecule has 5 atom stereocenters. The number of nitrogens with one attached hydrogen (secondary N) is 1. The molecule has 2 aliphatic heterocycles. The third kappa shape index (κ3) is 4.36. The molecule has 1 aliphatic carbocycles. The molecule has 0 radical (unpaired) electrons. The monoisotopic (exact) mass is 526 g/mol. The summed E-state index contributed by atoms with van der Waals surface area (Å²) in [5.41, 5.74) is 1.47. The van der Waals surface area contributed by atoms with Gasteiger partial charge in [0.1, 0.15) is 12.0 Å². The van der Waals surface area contributed by atoms with Crippen molar-refractivity contribution in [3.63, 3.8) is 0 Å². The molecule has 3 aliphatic rings. The van der Waals surface area contributed by atoms with Gasteiger partial charge in [0.15, 0.2) is 0 Å². The lowest BCUT2D eigenvalue weighted by Gasteiger charge is -2.44. The lowest BCUT2D eigenvalue weighted by molar-refractivity contribution is -0.117. The highest BCUT2D eigenvalue weighted by molar-refractivity contribution is 6.34. The third-order valence-corrected chi connectivity index (χ3v) is 8.81. The van der Waals surface area contributed by atoms with Crippen molar-refractivity contribution in [2.24, 2.45) is 18.9 Å². The second kappa shape index (κ2) is 9.22. The van der Waals surface area contributed by atoms with Gasteiger partial charge in [0.2, 0.25) is 5.91 Å². The fourth-order valence-electron chi connectivity index (χ4n) is 6.05. The van der Waals surface area contributed by atoms with E-state index in [2.05, 4.69) is 38.2 Å². The van der Waals surface area contributed by atoms with Crippen molar-refractivity contribution in [2.75, 3.05) is 49.6 Å². The summed E-state index contributed by atoms with van der Waals surface area (Å²) >= 11 is 6.68. The topological polar surface area (TPSA) is 75.5 Å². The molecule has 10 heteroatoms. The average Bonchev–Trinajstić information content (AvgIpc) is 3.15. The number of carbonyl (C=O) groups is 1. The molecule has 37 heavy (non-hydrogen) atoms. The predicted molar refractivity (Wildman–Crippen MR) is 142 cm³/mol. The number of aryl methyl sites for hydroxylation is 1. The third-order valence-electron chi connectivity index (χ3n) is 8.51. The van der Waals surface area contributed by atoms with E-state index >= 15 is 0 Å². The highest BCUT2D eigenvalue weighted by Crippen LogP contribution is 2.54. The number of rotatable bonds is 5. The van der Waals surface area contributed by atoms with Gasteiger partial charge in [-0.1, -0.05) is 18.5 Å². The highest BCUT2D eigenvalue weighted by Gasteiger charge is 2.53. The predicted octanol–water partition coefficient (Wildman–Crippen LogP) is 3.86. The van der Waals surface area contributed by atoms with Gasteiger partial charge >= 0.3 is 0 Å². The van der Waals surface area contributed by atoms with Crippen LogP contribution in [0.1, 0.15) is 25.3 Å². The number of halogens is 2. The molecule has 1 aromatic carbocycles. The number of amides is 1. The molecule has 8 nitrogen and oxygen atoms in total. The molecule has 4 heterocycles. The number of anilines is 2. The fraction of sp³-hybridized carbons (Fsp3) is 0.519. The lowest BCUT2D eigenvalue weighted by atomic mass is 9.96. The van der Waals surface area contributed by atoms with Gasteiger partial charge in [0, 0.05) is 62.8 Å². The van der Waals surface area contributed by atoms with Gasteiger partial charge in [-0.3, -0.25) is 14.4 Å². The maximum absolute atomic E-state index is 14.5. The number of hydrogen-bond acceptors (Lipinski definition) is 6. The summed E-state index contributed by atoms with van der Waals surface area (Å²) in [4.78, 5) is 21.9. The van der Waals surface area contributed by atoms with E-state index in [1.165, 1.54) is 0 Å². The fourth-order valence-corrected chi connectivity index (χ4v) is 6.34. The van der Waals surface area contributed by atoms with Crippen LogP contribution in [0, 0.1) is 11.8 Å². The van der Waals surface area contributed by atoms with E-state index in [0.717, 1.165) is 48.2 Å². The van der Waals surface area contributed by atoms with E-state index in [1.54, 1.807) is 10.9 Å². The number of alkyl halides is 1. The SMILES string of the molecule is C[C@@H]1[C@H](C(=O)Nc2cc3cc(N4CCN([C@@]5(C)COC[C@H]5F)CC4)c(Cl)cc3cn2)[C@H]1c1cnn(C)c1. The van der Waals surface area contributed by atoms with Crippen LogP contribution in [0.2, 0.25) is 5.02 Å². The number of pyridine rings is 1. The molecule has 1 saturated carbocycles. The molecular formula is C27H32ClFN6O2. The van der Waals surface area contributed by atoms with Gasteiger partial charge < -0.3 is 15.0 Å². The van der Waals surface area contributed by atoms with Crippen LogP contribution in [0.5, 0.6) is 0 Å². The van der Waals surface area contributed by atoms with Gasteiger partial charge in [-0.25, -0.2) is 9.37 Å². The number of piperazine rings is 1. The molecular weight excluding hydrogens is 495 g/mol. The minimum atomic E-state index is -0.970. The Labute approximate surface area is 220 Å². The number of aromatic nitrogens is 3. The Hall–Kier alpha value is -2.75. The smallest absolute Gasteiger partial charge is 0.229 e. The Morgan fingerprint density at radius 1 is 1.19 bits per heavy atom. The highest BCUT2D eigenvalue weighted by atomic mass is 35.5. The molecule has 3 aromatic rings. The van der Waals surface area contributed by atoms with E-state index in [0.29, 0.717) is 17.4 Å². The molecule has 2 saturated heterocycles. The van der Waals surface area contributed by atoms with Gasteiger partial charge in [-0.15, -0.1) is 0 Å². The summed E-state index contributed by atoms with van der Waals surface area (Å²) in [5, 5.41) is 9.78. The molecule has 0 unspecified atom stereocenters. The Kier molecular flexibility index (Phi) is 6.12. The standard InChI is InChI=1S/C27H32ClFN6O2/c1-16-24(19-12-31-33(3)13-19)25(16)26(36)32-23-10-17-9-21(20(28)8-18(17)11-30-23)34-4-6-35(7-5-34)27(2)15-37-14-22(27)29/h8-13,16,22,24-25H,4-7,14-15H2,1-3H3,(H,30,32,36)/t16-,22+,24+,25-,27-/m0/s1. The summed E-state index contributed by atoms with van der Waals surface area (Å²) in [6, 6.07) is 5.88. The van der Waals surface area contributed by atoms with Crippen LogP contribution in [0.3, 0.4) is 0 Å². The van der Waals surface area contributed by atoms with Crippen molar-refractivity contribution in [3.8, 4) is 0 Å². The Morgan fingerprint density at radius 2 is 1.97 bits per heavy atom. The summed E-state index contributed by atoms with van der Waals surface area (Å²) in [7, 11) is 1.88. The quantitative estimate of drug-likeness (QED) is 0.544. The van der Waals surface area contributed by atoms with Crippen LogP contribution in [0.15, 0.2) is 36.8 Å². The minimum absolute atomic E-state index is 0.0194. The van der Waals surface area contributed by atoms with E-state index in [9.17, 15) is 9.18 Å². The van der Waals surface area contributed by atoms with Gasteiger partial charge in [0.25, 0.3) is 0 Å². The largest absolute Gasteiger partial charge is 0.376 e. The molecule has 0 bridgehead atoms. The minimum Gasteiger partial charge on any atom is -0.376 e. The van der Waals surface area contributed by atoms with E-state index < -0.39 is 11.7 Å². The van der Waals surface area contributed by atoms with Gasteiger partial charge in [-0.2, -0.15) is 5.10 Å². The Bertz CT molecular complexity index is 1340. The zero-order valence-electron chi connectivity index (χ0n) is 21.3. The zero-order valence-corrected chi connectivity index (χ0v) is 22.1. The van der Waals surface area contributed by atoms with E-state index in [-0.39, 0.29) is 30.3 Å². The number of hydrogen-bond donors (Lipinski definition) is 1. The van der Waals surface area contributed by atoms with Crippen LogP contribution >= 0.6 is 11.6 Å². The lowest BCUT2D eigenvalue weighted by Crippen LogP contribution is -2.59. The summed E-state index contributed by atoms with van der Waals surface area (Å²) in [6.07, 6.45) is 4.59.